The van der Waals surface area contributed by atoms with E-state index in [9.17, 15) is 9.59 Å². The molecule has 0 spiro atoms. The van der Waals surface area contributed by atoms with Crippen LogP contribution in [0.5, 0.6) is 0 Å². The number of benzene rings is 1. The van der Waals surface area contributed by atoms with Crippen LogP contribution in [-0.4, -0.2) is 20.7 Å². The highest BCUT2D eigenvalue weighted by Crippen LogP contribution is 2.23. The zero-order valence-electron chi connectivity index (χ0n) is 11.1. The summed E-state index contributed by atoms with van der Waals surface area (Å²) in [6.45, 7) is 4.10. The molecular weight excluding hydrogens is 244 g/mol. The minimum atomic E-state index is -0.425. The van der Waals surface area contributed by atoms with Crippen LogP contribution < -0.4 is 11.0 Å². The number of aryl methyl sites for hydroxylation is 1. The van der Waals surface area contributed by atoms with Gasteiger partial charge in [-0.05, 0) is 17.5 Å². The van der Waals surface area contributed by atoms with Crippen molar-refractivity contribution < 1.29 is 4.79 Å². The summed E-state index contributed by atoms with van der Waals surface area (Å²) < 4.78 is 1.09. The summed E-state index contributed by atoms with van der Waals surface area (Å²) in [5, 5.41) is 6.58. The molecule has 6 heteroatoms. The zero-order valence-corrected chi connectivity index (χ0v) is 11.1. The van der Waals surface area contributed by atoms with Gasteiger partial charge in [0, 0.05) is 12.7 Å². The summed E-state index contributed by atoms with van der Waals surface area (Å²) in [7, 11) is 1.48. The lowest BCUT2D eigenvalue weighted by molar-refractivity contribution is 0.101. The van der Waals surface area contributed by atoms with Crippen LogP contribution in [0.25, 0.3) is 0 Å². The minimum Gasteiger partial charge on any atom is -0.319 e. The maximum atomic E-state index is 12.0. The molecule has 0 fully saturated rings. The van der Waals surface area contributed by atoms with E-state index in [0.717, 1.165) is 15.9 Å². The molecule has 2 N–H and O–H groups in total. The van der Waals surface area contributed by atoms with Gasteiger partial charge in [0.25, 0.3) is 5.91 Å². The number of aromatic nitrogens is 3. The summed E-state index contributed by atoms with van der Waals surface area (Å²) in [4.78, 5) is 25.6. The Bertz CT molecular complexity index is 655. The monoisotopic (exact) mass is 260 g/mol. The molecular formula is C13H16N4O2. The van der Waals surface area contributed by atoms with Crippen LogP contribution in [-0.2, 0) is 7.05 Å². The minimum absolute atomic E-state index is 0.00561. The molecule has 0 atom stereocenters. The lowest BCUT2D eigenvalue weighted by atomic mass is 10.0. The maximum absolute atomic E-state index is 12.0. The van der Waals surface area contributed by atoms with E-state index in [1.165, 1.54) is 7.05 Å². The molecule has 0 aliphatic rings. The number of para-hydroxylation sites is 1. The van der Waals surface area contributed by atoms with Crippen LogP contribution in [0.4, 0.5) is 5.69 Å². The maximum Gasteiger partial charge on any atom is 0.343 e. The second-order valence-electron chi connectivity index (χ2n) is 4.60. The zero-order chi connectivity index (χ0) is 14.0. The largest absolute Gasteiger partial charge is 0.343 e. The van der Waals surface area contributed by atoms with Gasteiger partial charge < -0.3 is 5.32 Å². The van der Waals surface area contributed by atoms with Crippen molar-refractivity contribution >= 4 is 11.6 Å². The molecule has 2 aromatic rings. The lowest BCUT2D eigenvalue weighted by Crippen LogP contribution is -2.16. The Morgan fingerprint density at radius 3 is 2.63 bits per heavy atom. The van der Waals surface area contributed by atoms with Crippen LogP contribution >= 0.6 is 0 Å². The van der Waals surface area contributed by atoms with Crippen molar-refractivity contribution in [2.45, 2.75) is 19.8 Å². The SMILES string of the molecule is CC(C)c1ccccc1NC(=O)c1nn(C)c(=O)[nH]1. The number of hydrogen-bond acceptors (Lipinski definition) is 3. The van der Waals surface area contributed by atoms with Gasteiger partial charge >= 0.3 is 5.69 Å². The van der Waals surface area contributed by atoms with Crippen LogP contribution in [0, 0.1) is 0 Å². The fourth-order valence-corrected chi connectivity index (χ4v) is 1.80. The van der Waals surface area contributed by atoms with Crippen molar-refractivity contribution in [3.8, 4) is 0 Å². The van der Waals surface area contributed by atoms with Gasteiger partial charge in [0.2, 0.25) is 5.82 Å². The highest BCUT2D eigenvalue weighted by molar-refractivity contribution is 6.01. The average molecular weight is 260 g/mol. The van der Waals surface area contributed by atoms with E-state index in [1.807, 2.05) is 38.1 Å². The number of anilines is 1. The molecule has 2 rings (SSSR count). The van der Waals surface area contributed by atoms with Crippen molar-refractivity contribution in [3.63, 3.8) is 0 Å². The summed E-state index contributed by atoms with van der Waals surface area (Å²) in [5.41, 5.74) is 1.35. The Morgan fingerprint density at radius 1 is 1.37 bits per heavy atom. The highest BCUT2D eigenvalue weighted by Gasteiger charge is 2.14. The van der Waals surface area contributed by atoms with Crippen molar-refractivity contribution in [3.05, 3.63) is 46.1 Å². The smallest absolute Gasteiger partial charge is 0.319 e. The standard InChI is InChI=1S/C13H16N4O2/c1-8(2)9-6-4-5-7-10(9)14-12(18)11-15-13(19)17(3)16-11/h4-8H,1-3H3,(H,14,18)(H,15,16,19). The van der Waals surface area contributed by atoms with Crippen LogP contribution in [0.3, 0.4) is 0 Å². The highest BCUT2D eigenvalue weighted by atomic mass is 16.2. The van der Waals surface area contributed by atoms with E-state index in [1.54, 1.807) is 0 Å². The van der Waals surface area contributed by atoms with Crippen molar-refractivity contribution in [2.24, 2.45) is 7.05 Å². The molecule has 100 valence electrons. The third-order valence-corrected chi connectivity index (χ3v) is 2.82. The third kappa shape index (κ3) is 2.73. The first-order valence-corrected chi connectivity index (χ1v) is 6.02. The van der Waals surface area contributed by atoms with E-state index >= 15 is 0 Å². The number of aromatic amines is 1. The first-order chi connectivity index (χ1) is 8.99. The molecule has 6 nitrogen and oxygen atoms in total. The molecule has 1 aromatic heterocycles. The number of rotatable bonds is 3. The van der Waals surface area contributed by atoms with E-state index < -0.39 is 11.6 Å². The first kappa shape index (κ1) is 13.1. The number of amides is 1. The molecule has 1 aromatic carbocycles. The van der Waals surface area contributed by atoms with Gasteiger partial charge in [-0.15, -0.1) is 5.10 Å². The van der Waals surface area contributed by atoms with E-state index in [0.29, 0.717) is 5.92 Å². The predicted molar refractivity (Wildman–Crippen MR) is 72.3 cm³/mol. The van der Waals surface area contributed by atoms with Gasteiger partial charge in [0.05, 0.1) is 0 Å². The molecule has 0 aliphatic carbocycles. The van der Waals surface area contributed by atoms with Crippen molar-refractivity contribution in [1.82, 2.24) is 14.8 Å². The van der Waals surface area contributed by atoms with Crippen LogP contribution in [0.15, 0.2) is 29.1 Å². The van der Waals surface area contributed by atoms with E-state index in [2.05, 4.69) is 15.4 Å². The molecule has 0 saturated heterocycles. The van der Waals surface area contributed by atoms with Crippen molar-refractivity contribution in [1.29, 1.82) is 0 Å². The summed E-state index contributed by atoms with van der Waals surface area (Å²) >= 11 is 0. The summed E-state index contributed by atoms with van der Waals surface area (Å²) in [6, 6.07) is 7.56. The van der Waals surface area contributed by atoms with Gasteiger partial charge in [-0.3, -0.25) is 9.78 Å². The Hall–Kier alpha value is -2.37. The number of nitrogens with one attached hydrogen (secondary N) is 2. The molecule has 19 heavy (non-hydrogen) atoms. The topological polar surface area (TPSA) is 79.8 Å². The molecule has 1 heterocycles. The number of carbonyl (C=O) groups is 1. The van der Waals surface area contributed by atoms with Crippen LogP contribution in [0.1, 0.15) is 35.9 Å². The molecule has 0 radical (unpaired) electrons. The molecule has 0 saturated carbocycles. The quantitative estimate of drug-likeness (QED) is 0.877. The second kappa shape index (κ2) is 5.09. The van der Waals surface area contributed by atoms with Gasteiger partial charge in [-0.25, -0.2) is 9.48 Å². The van der Waals surface area contributed by atoms with Gasteiger partial charge in [-0.1, -0.05) is 32.0 Å². The number of nitrogens with zero attached hydrogens (tertiary/aromatic N) is 2. The Kier molecular flexibility index (Phi) is 3.50. The fraction of sp³-hybridized carbons (Fsp3) is 0.308. The third-order valence-electron chi connectivity index (χ3n) is 2.82. The lowest BCUT2D eigenvalue weighted by Gasteiger charge is -2.12. The number of hydrogen-bond donors (Lipinski definition) is 2. The average Bonchev–Trinajstić information content (AvgIpc) is 2.70. The van der Waals surface area contributed by atoms with Crippen LogP contribution in [0.2, 0.25) is 0 Å². The number of H-pyrrole nitrogens is 1. The summed E-state index contributed by atoms with van der Waals surface area (Å²) in [6.07, 6.45) is 0. The Labute approximate surface area is 110 Å². The van der Waals surface area contributed by atoms with E-state index in [-0.39, 0.29) is 5.82 Å². The van der Waals surface area contributed by atoms with E-state index in [4.69, 9.17) is 0 Å². The fourth-order valence-electron chi connectivity index (χ4n) is 1.80. The molecule has 0 unspecified atom stereocenters. The second-order valence-corrected chi connectivity index (χ2v) is 4.60. The van der Waals surface area contributed by atoms with Gasteiger partial charge in [0.15, 0.2) is 0 Å². The van der Waals surface area contributed by atoms with Gasteiger partial charge in [-0.2, -0.15) is 0 Å². The predicted octanol–water partition coefficient (Wildman–Crippen LogP) is 1.48. The van der Waals surface area contributed by atoms with Gasteiger partial charge in [0.1, 0.15) is 0 Å². The van der Waals surface area contributed by atoms with Crippen molar-refractivity contribution in [2.75, 3.05) is 5.32 Å². The molecule has 0 bridgehead atoms. The first-order valence-electron chi connectivity index (χ1n) is 6.02. The summed E-state index contributed by atoms with van der Waals surface area (Å²) in [5.74, 6) is -0.129. The molecule has 1 amide bonds. The normalized spacial score (nSPS) is 10.7. The Balaban J connectivity index is 2.26. The molecule has 0 aliphatic heterocycles. The number of carbonyl (C=O) groups excluding carboxylic acids is 1. The Morgan fingerprint density at radius 2 is 2.05 bits per heavy atom.